The van der Waals surface area contributed by atoms with Crippen LogP contribution in [0.2, 0.25) is 0 Å². The van der Waals surface area contributed by atoms with E-state index in [1.54, 1.807) is 48.5 Å². The molecule has 8 nitrogen and oxygen atoms in total. The molecule has 3 aromatic carbocycles. The molecule has 3 rings (SSSR count). The second kappa shape index (κ2) is 12.7. The smallest absolute Gasteiger partial charge is 0.337 e. The molecular weight excluding hydrogens is 460 g/mol. The third kappa shape index (κ3) is 7.66. The van der Waals surface area contributed by atoms with Crippen molar-refractivity contribution in [1.29, 1.82) is 0 Å². The number of carbonyl (C=O) groups is 4. The Morgan fingerprint density at radius 1 is 0.889 bits per heavy atom. The van der Waals surface area contributed by atoms with Crippen LogP contribution in [-0.4, -0.2) is 37.5 Å². The normalized spacial score (nSPS) is 10.5. The molecule has 0 aliphatic carbocycles. The molecule has 0 heterocycles. The fourth-order valence-electron chi connectivity index (χ4n) is 3.16. The Hall–Kier alpha value is -4.72. The Labute approximate surface area is 208 Å². The van der Waals surface area contributed by atoms with E-state index in [-0.39, 0.29) is 5.91 Å². The van der Waals surface area contributed by atoms with Crippen molar-refractivity contribution in [1.82, 2.24) is 5.32 Å². The van der Waals surface area contributed by atoms with Crippen LogP contribution in [0.1, 0.15) is 37.4 Å². The number of para-hydroxylation sites is 1. The number of aryl methyl sites for hydroxylation is 1. The van der Waals surface area contributed by atoms with Gasteiger partial charge in [0.2, 0.25) is 0 Å². The summed E-state index contributed by atoms with van der Waals surface area (Å²) < 4.78 is 9.61. The zero-order valence-electron chi connectivity index (χ0n) is 19.9. The summed E-state index contributed by atoms with van der Waals surface area (Å²) in [6.45, 7) is 1.81. The Bertz CT molecular complexity index is 1260. The van der Waals surface area contributed by atoms with Gasteiger partial charge in [0.05, 0.1) is 23.9 Å². The second-order valence-corrected chi connectivity index (χ2v) is 7.82. The topological polar surface area (TPSA) is 111 Å². The van der Waals surface area contributed by atoms with Crippen molar-refractivity contribution in [2.24, 2.45) is 0 Å². The van der Waals surface area contributed by atoms with Gasteiger partial charge in [-0.05, 0) is 48.4 Å². The van der Waals surface area contributed by atoms with E-state index < -0.39 is 24.5 Å². The summed E-state index contributed by atoms with van der Waals surface area (Å²) in [5, 5.41) is 5.44. The van der Waals surface area contributed by atoms with E-state index in [1.807, 2.05) is 31.2 Å². The molecule has 2 amide bonds. The molecule has 0 aliphatic heterocycles. The lowest BCUT2D eigenvalue weighted by molar-refractivity contribution is -0.142. The highest BCUT2D eigenvalue weighted by molar-refractivity contribution is 6.04. The van der Waals surface area contributed by atoms with Crippen LogP contribution in [-0.2, 0) is 25.6 Å². The van der Waals surface area contributed by atoms with Crippen LogP contribution in [0.3, 0.4) is 0 Å². The molecule has 0 bridgehead atoms. The largest absolute Gasteiger partial charge is 0.465 e. The summed E-state index contributed by atoms with van der Waals surface area (Å²) in [4.78, 5) is 48.4. The van der Waals surface area contributed by atoms with E-state index in [2.05, 4.69) is 15.4 Å². The molecule has 0 saturated heterocycles. The number of rotatable bonds is 9. The highest BCUT2D eigenvalue weighted by Crippen LogP contribution is 2.15. The van der Waals surface area contributed by atoms with Crippen LogP contribution in [0.25, 0.3) is 6.08 Å². The first-order chi connectivity index (χ1) is 17.4. The zero-order chi connectivity index (χ0) is 25.9. The molecule has 8 heteroatoms. The van der Waals surface area contributed by atoms with Gasteiger partial charge in [-0.3, -0.25) is 9.59 Å². The van der Waals surface area contributed by atoms with E-state index in [0.29, 0.717) is 28.9 Å². The van der Waals surface area contributed by atoms with E-state index >= 15 is 0 Å². The van der Waals surface area contributed by atoms with Crippen LogP contribution >= 0.6 is 0 Å². The number of carbonyl (C=O) groups excluding carboxylic acids is 4. The van der Waals surface area contributed by atoms with Gasteiger partial charge >= 0.3 is 11.9 Å². The van der Waals surface area contributed by atoms with E-state index in [4.69, 9.17) is 4.74 Å². The molecule has 0 aromatic heterocycles. The maximum Gasteiger partial charge on any atom is 0.337 e. The molecule has 0 saturated carbocycles. The first-order valence-corrected chi connectivity index (χ1v) is 11.1. The molecule has 0 atom stereocenters. The first kappa shape index (κ1) is 25.9. The van der Waals surface area contributed by atoms with Crippen LogP contribution in [0.15, 0.2) is 78.9 Å². The maximum absolute atomic E-state index is 12.7. The number of benzene rings is 3. The highest BCUT2D eigenvalue weighted by Gasteiger charge is 2.14. The van der Waals surface area contributed by atoms with Gasteiger partial charge in [-0.1, -0.05) is 54.1 Å². The molecule has 0 aliphatic rings. The number of nitrogens with one attached hydrogen (secondary N) is 2. The number of anilines is 1. The number of esters is 2. The van der Waals surface area contributed by atoms with Crippen molar-refractivity contribution in [3.63, 3.8) is 0 Å². The number of methoxy groups -OCH3 is 1. The Morgan fingerprint density at radius 3 is 2.28 bits per heavy atom. The summed E-state index contributed by atoms with van der Waals surface area (Å²) >= 11 is 0. The molecule has 184 valence electrons. The molecule has 0 spiro atoms. The van der Waals surface area contributed by atoms with E-state index in [9.17, 15) is 19.2 Å². The summed E-state index contributed by atoms with van der Waals surface area (Å²) in [7, 11) is 1.29. The highest BCUT2D eigenvalue weighted by atomic mass is 16.5. The van der Waals surface area contributed by atoms with Crippen molar-refractivity contribution in [2.45, 2.75) is 13.5 Å². The first-order valence-electron chi connectivity index (χ1n) is 11.1. The average Bonchev–Trinajstić information content (AvgIpc) is 2.90. The molecular formula is C28H26N2O6. The van der Waals surface area contributed by atoms with Gasteiger partial charge in [0.15, 0.2) is 6.61 Å². The van der Waals surface area contributed by atoms with Crippen molar-refractivity contribution < 1.29 is 28.7 Å². The fraction of sp³-hybridized carbons (Fsp3) is 0.143. The van der Waals surface area contributed by atoms with Crippen molar-refractivity contribution in [3.8, 4) is 0 Å². The van der Waals surface area contributed by atoms with Crippen molar-refractivity contribution in [2.75, 3.05) is 19.0 Å². The third-order valence-corrected chi connectivity index (χ3v) is 5.11. The minimum atomic E-state index is -0.716. The molecule has 0 fully saturated rings. The lowest BCUT2D eigenvalue weighted by Gasteiger charge is -2.11. The van der Waals surface area contributed by atoms with E-state index in [1.165, 1.54) is 19.3 Å². The predicted molar refractivity (Wildman–Crippen MR) is 135 cm³/mol. The number of amides is 2. The van der Waals surface area contributed by atoms with Crippen LogP contribution in [0.5, 0.6) is 0 Å². The van der Waals surface area contributed by atoms with Gasteiger partial charge in [-0.25, -0.2) is 9.59 Å². The summed E-state index contributed by atoms with van der Waals surface area (Å²) in [6, 6.07) is 20.8. The minimum absolute atomic E-state index is 0.291. The van der Waals surface area contributed by atoms with Gasteiger partial charge in [-0.2, -0.15) is 0 Å². The quantitative estimate of drug-likeness (QED) is 0.351. The van der Waals surface area contributed by atoms with Crippen molar-refractivity contribution >= 4 is 35.5 Å². The molecule has 2 N–H and O–H groups in total. The molecule has 0 radical (unpaired) electrons. The zero-order valence-corrected chi connectivity index (χ0v) is 19.9. The van der Waals surface area contributed by atoms with Crippen molar-refractivity contribution in [3.05, 3.63) is 107 Å². The third-order valence-electron chi connectivity index (χ3n) is 5.11. The summed E-state index contributed by atoms with van der Waals surface area (Å²) in [5.74, 6) is -2.10. The van der Waals surface area contributed by atoms with Crippen LogP contribution < -0.4 is 10.6 Å². The van der Waals surface area contributed by atoms with Gasteiger partial charge in [-0.15, -0.1) is 0 Å². The number of hydrogen-bond donors (Lipinski definition) is 2. The average molecular weight is 487 g/mol. The van der Waals surface area contributed by atoms with Gasteiger partial charge < -0.3 is 20.1 Å². The van der Waals surface area contributed by atoms with Gasteiger partial charge in [0.1, 0.15) is 0 Å². The van der Waals surface area contributed by atoms with Crippen LogP contribution in [0.4, 0.5) is 5.69 Å². The SMILES string of the molecule is COC(=O)c1ccc(/C=C/C(=O)OCC(=O)Nc2ccccc2C(=O)NCc2ccc(C)cc2)cc1. The summed E-state index contributed by atoms with van der Waals surface area (Å²) in [6.07, 6.45) is 2.67. The second-order valence-electron chi connectivity index (χ2n) is 7.82. The Morgan fingerprint density at radius 2 is 1.58 bits per heavy atom. The lowest BCUT2D eigenvalue weighted by Crippen LogP contribution is -2.26. The maximum atomic E-state index is 12.7. The molecule has 36 heavy (non-hydrogen) atoms. The Kier molecular flexibility index (Phi) is 9.11. The molecule has 3 aromatic rings. The predicted octanol–water partition coefficient (Wildman–Crippen LogP) is 3.91. The minimum Gasteiger partial charge on any atom is -0.465 e. The monoisotopic (exact) mass is 486 g/mol. The summed E-state index contributed by atoms with van der Waals surface area (Å²) in [5.41, 5.74) is 3.73. The number of ether oxygens (including phenoxy) is 2. The fourth-order valence-corrected chi connectivity index (χ4v) is 3.16. The molecule has 0 unspecified atom stereocenters. The van der Waals surface area contributed by atoms with Gasteiger partial charge in [0, 0.05) is 12.6 Å². The van der Waals surface area contributed by atoms with E-state index in [0.717, 1.165) is 11.1 Å². The Balaban J connectivity index is 1.50. The lowest BCUT2D eigenvalue weighted by atomic mass is 10.1. The van der Waals surface area contributed by atoms with Crippen LogP contribution in [0, 0.1) is 6.92 Å². The van der Waals surface area contributed by atoms with Gasteiger partial charge in [0.25, 0.3) is 11.8 Å². The standard InChI is InChI=1S/C28H26N2O6/c1-19-7-9-21(10-8-19)17-29-27(33)23-5-3-4-6-24(23)30-25(31)18-36-26(32)16-13-20-11-14-22(15-12-20)28(34)35-2/h3-16H,17-18H2,1-2H3,(H,29,33)(H,30,31)/b16-13+. The number of hydrogen-bond acceptors (Lipinski definition) is 6.